The van der Waals surface area contributed by atoms with Gasteiger partial charge in [-0.05, 0) is 70.1 Å². The third kappa shape index (κ3) is 5.49. The van der Waals surface area contributed by atoms with Crippen molar-refractivity contribution < 1.29 is 14.6 Å². The number of halogens is 1. The summed E-state index contributed by atoms with van der Waals surface area (Å²) < 4.78 is 6.53. The van der Waals surface area contributed by atoms with E-state index in [2.05, 4.69) is 54.2 Å². The van der Waals surface area contributed by atoms with Crippen LogP contribution in [0.15, 0.2) is 40.9 Å². The Hall–Kier alpha value is -2.01. The van der Waals surface area contributed by atoms with E-state index < -0.39 is 5.97 Å². The molecule has 0 aromatic heterocycles. The summed E-state index contributed by atoms with van der Waals surface area (Å²) >= 11 is 3.44. The van der Waals surface area contributed by atoms with Crippen molar-refractivity contribution in [2.45, 2.75) is 39.5 Å². The predicted octanol–water partition coefficient (Wildman–Crippen LogP) is 5.63. The highest BCUT2D eigenvalue weighted by molar-refractivity contribution is 9.10. The van der Waals surface area contributed by atoms with Crippen LogP contribution in [0.1, 0.15) is 48.7 Å². The number of benzene rings is 2. The van der Waals surface area contributed by atoms with Crippen LogP contribution >= 0.6 is 15.9 Å². The Labute approximate surface area is 163 Å². The molecule has 0 aliphatic heterocycles. The summed E-state index contributed by atoms with van der Waals surface area (Å²) in [5.41, 5.74) is 3.19. The van der Waals surface area contributed by atoms with Crippen LogP contribution in [0, 0.1) is 6.92 Å². The van der Waals surface area contributed by atoms with Crippen molar-refractivity contribution in [1.29, 1.82) is 0 Å². The maximum atomic E-state index is 11.4. The summed E-state index contributed by atoms with van der Waals surface area (Å²) in [7, 11) is 0. The van der Waals surface area contributed by atoms with Crippen molar-refractivity contribution >= 4 is 27.6 Å². The van der Waals surface area contributed by atoms with Gasteiger partial charge in [0.2, 0.25) is 0 Å². The smallest absolute Gasteiger partial charge is 0.337 e. The quantitative estimate of drug-likeness (QED) is 0.570. The van der Waals surface area contributed by atoms with Gasteiger partial charge in [-0.3, -0.25) is 0 Å². The van der Waals surface area contributed by atoms with Crippen LogP contribution in [0.25, 0.3) is 0 Å². The second-order valence-corrected chi connectivity index (χ2v) is 8.23. The molecule has 2 rings (SSSR count). The minimum atomic E-state index is -0.938. The molecule has 2 aromatic carbocycles. The number of hydrogen-bond donors (Lipinski definition) is 2. The van der Waals surface area contributed by atoms with Gasteiger partial charge in [0.25, 0.3) is 0 Å². The monoisotopic (exact) mass is 419 g/mol. The van der Waals surface area contributed by atoms with E-state index in [0.717, 1.165) is 22.2 Å². The van der Waals surface area contributed by atoms with Gasteiger partial charge in [-0.15, -0.1) is 0 Å². The van der Waals surface area contributed by atoms with Crippen LogP contribution in [-0.4, -0.2) is 24.2 Å². The number of anilines is 1. The summed E-state index contributed by atoms with van der Waals surface area (Å²) in [4.78, 5) is 11.4. The molecule has 0 fully saturated rings. The van der Waals surface area contributed by atoms with E-state index in [1.165, 1.54) is 5.56 Å². The van der Waals surface area contributed by atoms with Gasteiger partial charge in [-0.2, -0.15) is 0 Å². The minimum Gasteiger partial charge on any atom is -0.494 e. The largest absolute Gasteiger partial charge is 0.494 e. The van der Waals surface area contributed by atoms with Crippen molar-refractivity contribution in [3.63, 3.8) is 0 Å². The van der Waals surface area contributed by atoms with E-state index in [0.29, 0.717) is 18.8 Å². The molecule has 0 atom stereocenters. The second kappa shape index (κ2) is 8.58. The summed E-state index contributed by atoms with van der Waals surface area (Å²) in [6, 6.07) is 11.7. The molecule has 140 valence electrons. The van der Waals surface area contributed by atoms with E-state index in [-0.39, 0.29) is 11.0 Å². The summed E-state index contributed by atoms with van der Waals surface area (Å²) in [6.07, 6.45) is 0.764. The molecule has 0 bridgehead atoms. The van der Waals surface area contributed by atoms with E-state index >= 15 is 0 Å². The van der Waals surface area contributed by atoms with Gasteiger partial charge >= 0.3 is 5.97 Å². The Morgan fingerprint density at radius 3 is 2.42 bits per heavy atom. The van der Waals surface area contributed by atoms with E-state index in [9.17, 15) is 9.90 Å². The number of aromatic carboxylic acids is 1. The highest BCUT2D eigenvalue weighted by Crippen LogP contribution is 2.28. The normalized spacial score (nSPS) is 11.3. The maximum absolute atomic E-state index is 11.4. The molecule has 26 heavy (non-hydrogen) atoms. The number of rotatable bonds is 7. The first-order chi connectivity index (χ1) is 12.2. The predicted molar refractivity (Wildman–Crippen MR) is 110 cm³/mol. The lowest BCUT2D eigenvalue weighted by Gasteiger charge is -2.19. The van der Waals surface area contributed by atoms with Crippen LogP contribution in [0.5, 0.6) is 5.75 Å². The number of nitrogens with one attached hydrogen (secondary N) is 1. The van der Waals surface area contributed by atoms with E-state index in [4.69, 9.17) is 4.74 Å². The molecule has 0 unspecified atom stereocenters. The zero-order valence-electron chi connectivity index (χ0n) is 15.7. The van der Waals surface area contributed by atoms with Gasteiger partial charge in [0, 0.05) is 11.0 Å². The Morgan fingerprint density at radius 1 is 1.19 bits per heavy atom. The molecule has 5 heteroatoms. The Bertz CT molecular complexity index is 764. The molecule has 0 saturated carbocycles. The SMILES string of the molecule is Cc1cc(Br)c(NCCCOc2ccc(C(C)(C)C)cc2)c(C(=O)O)c1. The number of aryl methyl sites for hydroxylation is 1. The standard InChI is InChI=1S/C21H26BrNO3/c1-14-12-17(20(24)25)19(18(22)13-14)23-10-5-11-26-16-8-6-15(7-9-16)21(2,3)4/h6-9,12-13,23H,5,10-11H2,1-4H3,(H,24,25). The topological polar surface area (TPSA) is 58.6 Å². The number of carboxylic acid groups (broad SMARTS) is 1. The van der Waals surface area contributed by atoms with Crippen molar-refractivity contribution in [3.8, 4) is 5.75 Å². The second-order valence-electron chi connectivity index (χ2n) is 7.38. The average Bonchev–Trinajstić information content (AvgIpc) is 2.55. The first-order valence-corrected chi connectivity index (χ1v) is 9.48. The Balaban J connectivity index is 1.85. The van der Waals surface area contributed by atoms with Gasteiger partial charge in [0.1, 0.15) is 5.75 Å². The van der Waals surface area contributed by atoms with Gasteiger partial charge in [0.15, 0.2) is 0 Å². The Morgan fingerprint density at radius 2 is 1.85 bits per heavy atom. The van der Waals surface area contributed by atoms with Gasteiger partial charge < -0.3 is 15.2 Å². The van der Waals surface area contributed by atoms with Crippen molar-refractivity contribution in [3.05, 3.63) is 57.6 Å². The van der Waals surface area contributed by atoms with E-state index in [1.807, 2.05) is 25.1 Å². The molecule has 0 radical (unpaired) electrons. The molecule has 2 aromatic rings. The van der Waals surface area contributed by atoms with Crippen LogP contribution < -0.4 is 10.1 Å². The van der Waals surface area contributed by atoms with Crippen LogP contribution in [0.3, 0.4) is 0 Å². The zero-order chi connectivity index (χ0) is 19.3. The molecule has 4 nitrogen and oxygen atoms in total. The fourth-order valence-corrected chi connectivity index (χ4v) is 3.33. The van der Waals surface area contributed by atoms with Crippen LogP contribution in [0.2, 0.25) is 0 Å². The first kappa shape index (κ1) is 20.3. The average molecular weight is 420 g/mol. The molecule has 0 heterocycles. The summed E-state index contributed by atoms with van der Waals surface area (Å²) in [5.74, 6) is -0.0900. The molecule has 0 saturated heterocycles. The fraction of sp³-hybridized carbons (Fsp3) is 0.381. The van der Waals surface area contributed by atoms with Crippen molar-refractivity contribution in [2.75, 3.05) is 18.5 Å². The molecular formula is C21H26BrNO3. The third-order valence-electron chi connectivity index (χ3n) is 4.08. The number of carbonyl (C=O) groups is 1. The van der Waals surface area contributed by atoms with Gasteiger partial charge in [-0.1, -0.05) is 32.9 Å². The maximum Gasteiger partial charge on any atom is 0.337 e. The Kier molecular flexibility index (Phi) is 6.70. The molecule has 0 spiro atoms. The number of hydrogen-bond acceptors (Lipinski definition) is 3. The first-order valence-electron chi connectivity index (χ1n) is 8.69. The highest BCUT2D eigenvalue weighted by Gasteiger charge is 2.14. The van der Waals surface area contributed by atoms with Gasteiger partial charge in [0.05, 0.1) is 17.9 Å². The lowest BCUT2D eigenvalue weighted by Crippen LogP contribution is -2.12. The lowest BCUT2D eigenvalue weighted by atomic mass is 9.87. The van der Waals surface area contributed by atoms with E-state index in [1.54, 1.807) is 6.07 Å². The van der Waals surface area contributed by atoms with Crippen LogP contribution in [0.4, 0.5) is 5.69 Å². The molecule has 2 N–H and O–H groups in total. The summed E-state index contributed by atoms with van der Waals surface area (Å²) in [5, 5.41) is 12.6. The third-order valence-corrected chi connectivity index (χ3v) is 4.70. The van der Waals surface area contributed by atoms with Crippen molar-refractivity contribution in [2.24, 2.45) is 0 Å². The minimum absolute atomic E-state index is 0.131. The molecule has 0 aliphatic rings. The van der Waals surface area contributed by atoms with Crippen molar-refractivity contribution in [1.82, 2.24) is 0 Å². The highest BCUT2D eigenvalue weighted by atomic mass is 79.9. The molecule has 0 aliphatic carbocycles. The fourth-order valence-electron chi connectivity index (χ4n) is 2.62. The molecular weight excluding hydrogens is 394 g/mol. The lowest BCUT2D eigenvalue weighted by molar-refractivity contribution is 0.0697. The summed E-state index contributed by atoms with van der Waals surface area (Å²) in [6.45, 7) is 9.62. The number of ether oxygens (including phenoxy) is 1. The molecule has 0 amide bonds. The van der Waals surface area contributed by atoms with Crippen LogP contribution in [-0.2, 0) is 5.41 Å². The zero-order valence-corrected chi connectivity index (χ0v) is 17.3. The van der Waals surface area contributed by atoms with Gasteiger partial charge in [-0.25, -0.2) is 4.79 Å². The number of carboxylic acids is 1.